The van der Waals surface area contributed by atoms with Crippen LogP contribution in [-0.4, -0.2) is 23.9 Å². The SMILES string of the molecule is CCc1ccc(F)cc1F.C[C@H]1CCN(C(=O)C2CCCC2)C1.Cc1ccc(C#N)c(Cl)c1. The molecule has 1 aliphatic heterocycles. The maximum absolute atomic E-state index is 12.6. The highest BCUT2D eigenvalue weighted by Gasteiger charge is 2.30. The Hall–Kier alpha value is -2.45. The van der Waals surface area contributed by atoms with Crippen molar-refractivity contribution >= 4 is 17.5 Å². The van der Waals surface area contributed by atoms with Crippen molar-refractivity contribution in [3.63, 3.8) is 0 Å². The minimum atomic E-state index is -0.519. The zero-order valence-corrected chi connectivity index (χ0v) is 20.5. The van der Waals surface area contributed by atoms with E-state index in [1.54, 1.807) is 12.1 Å². The molecule has 0 radical (unpaired) electrons. The maximum Gasteiger partial charge on any atom is 0.225 e. The first-order valence-corrected chi connectivity index (χ1v) is 12.0. The number of nitrogens with zero attached hydrogens (tertiary/aromatic N) is 2. The van der Waals surface area contributed by atoms with Crippen molar-refractivity contribution in [3.8, 4) is 6.07 Å². The summed E-state index contributed by atoms with van der Waals surface area (Å²) in [6.45, 7) is 8.02. The number of amides is 1. The third kappa shape index (κ3) is 8.44. The highest BCUT2D eigenvalue weighted by Crippen LogP contribution is 2.28. The number of halogens is 3. The maximum atomic E-state index is 12.6. The number of hydrogen-bond donors (Lipinski definition) is 0. The van der Waals surface area contributed by atoms with Gasteiger partial charge in [-0.1, -0.05) is 50.4 Å². The number of nitriles is 1. The molecule has 4 rings (SSSR count). The highest BCUT2D eigenvalue weighted by molar-refractivity contribution is 6.31. The predicted octanol–water partition coefficient (Wildman–Crippen LogP) is 7.09. The monoisotopic (exact) mass is 474 g/mol. The van der Waals surface area contributed by atoms with E-state index in [0.29, 0.717) is 34.4 Å². The van der Waals surface area contributed by atoms with Gasteiger partial charge in [0.25, 0.3) is 0 Å². The van der Waals surface area contributed by atoms with E-state index < -0.39 is 11.6 Å². The Balaban J connectivity index is 0.000000178. The molecule has 178 valence electrons. The van der Waals surface area contributed by atoms with Crippen LogP contribution in [0.25, 0.3) is 0 Å². The van der Waals surface area contributed by atoms with E-state index in [2.05, 4.69) is 11.8 Å². The van der Waals surface area contributed by atoms with E-state index in [1.165, 1.54) is 31.4 Å². The predicted molar refractivity (Wildman–Crippen MR) is 129 cm³/mol. The normalized spacial score (nSPS) is 17.5. The summed E-state index contributed by atoms with van der Waals surface area (Å²) in [5.74, 6) is 0.578. The van der Waals surface area contributed by atoms with Crippen molar-refractivity contribution in [1.29, 1.82) is 5.26 Å². The molecule has 2 aliphatic rings. The van der Waals surface area contributed by atoms with Crippen LogP contribution in [0.15, 0.2) is 36.4 Å². The molecule has 0 spiro atoms. The van der Waals surface area contributed by atoms with Crippen LogP contribution in [0.1, 0.15) is 62.6 Å². The van der Waals surface area contributed by atoms with E-state index in [4.69, 9.17) is 16.9 Å². The standard InChI is InChI=1S/C11H19NO.C8H6ClN.C8H8F2/c1-9-6-7-12(8-9)11(13)10-4-2-3-5-10;1-6-2-3-7(5-10)8(9)4-6;1-2-6-3-4-7(9)5-8(6)10/h9-10H,2-8H2,1H3;2-4H,1H3;3-5H,2H2,1H3/t9-;;/m0../s1. The number of carbonyl (C=O) groups is 1. The van der Waals surface area contributed by atoms with Crippen LogP contribution in [-0.2, 0) is 11.2 Å². The Kier molecular flexibility index (Phi) is 10.8. The van der Waals surface area contributed by atoms with Crippen molar-refractivity contribution in [2.45, 2.75) is 59.3 Å². The highest BCUT2D eigenvalue weighted by atomic mass is 35.5. The first-order chi connectivity index (χ1) is 15.7. The minimum absolute atomic E-state index is 0.380. The lowest BCUT2D eigenvalue weighted by Crippen LogP contribution is -2.33. The Labute approximate surface area is 201 Å². The lowest BCUT2D eigenvalue weighted by atomic mass is 10.1. The van der Waals surface area contributed by atoms with Gasteiger partial charge in [0.05, 0.1) is 10.6 Å². The molecule has 33 heavy (non-hydrogen) atoms. The molecule has 0 bridgehead atoms. The Morgan fingerprint density at radius 3 is 2.36 bits per heavy atom. The molecule has 1 saturated carbocycles. The van der Waals surface area contributed by atoms with Crippen LogP contribution >= 0.6 is 11.6 Å². The van der Waals surface area contributed by atoms with Crippen molar-refractivity contribution in [3.05, 3.63) is 69.7 Å². The van der Waals surface area contributed by atoms with Crippen LogP contribution in [0.3, 0.4) is 0 Å². The zero-order valence-electron chi connectivity index (χ0n) is 19.7. The van der Waals surface area contributed by atoms with Gasteiger partial charge in [-0.15, -0.1) is 0 Å². The second kappa shape index (κ2) is 13.3. The van der Waals surface area contributed by atoms with Gasteiger partial charge in [-0.25, -0.2) is 8.78 Å². The molecule has 2 fully saturated rings. The Bertz CT molecular complexity index is 967. The summed E-state index contributed by atoms with van der Waals surface area (Å²) < 4.78 is 24.9. The fourth-order valence-corrected chi connectivity index (χ4v) is 4.36. The second-order valence-corrected chi connectivity index (χ2v) is 9.25. The third-order valence-corrected chi connectivity index (χ3v) is 6.39. The van der Waals surface area contributed by atoms with Gasteiger partial charge in [0.1, 0.15) is 17.7 Å². The summed E-state index contributed by atoms with van der Waals surface area (Å²) in [6.07, 6.45) is 6.62. The lowest BCUT2D eigenvalue weighted by Gasteiger charge is -2.19. The minimum Gasteiger partial charge on any atom is -0.342 e. The van der Waals surface area contributed by atoms with Gasteiger partial charge < -0.3 is 4.90 Å². The largest absolute Gasteiger partial charge is 0.342 e. The first kappa shape index (κ1) is 26.8. The van der Waals surface area contributed by atoms with Gasteiger partial charge in [0.15, 0.2) is 0 Å². The van der Waals surface area contributed by atoms with E-state index in [0.717, 1.165) is 43.5 Å². The Morgan fingerprint density at radius 1 is 1.15 bits per heavy atom. The molecule has 1 atom stereocenters. The molecule has 1 heterocycles. The Morgan fingerprint density at radius 2 is 1.85 bits per heavy atom. The molecule has 0 unspecified atom stereocenters. The molecular weight excluding hydrogens is 442 g/mol. The quantitative estimate of drug-likeness (QED) is 0.466. The molecule has 1 saturated heterocycles. The summed E-state index contributed by atoms with van der Waals surface area (Å²) in [5.41, 5.74) is 2.16. The van der Waals surface area contributed by atoms with Crippen molar-refractivity contribution in [2.24, 2.45) is 11.8 Å². The molecule has 2 aromatic rings. The molecule has 1 amide bonds. The number of likely N-dealkylation sites (tertiary alicyclic amines) is 1. The van der Waals surface area contributed by atoms with Gasteiger partial charge in [-0.2, -0.15) is 5.26 Å². The smallest absolute Gasteiger partial charge is 0.225 e. The lowest BCUT2D eigenvalue weighted by molar-refractivity contribution is -0.134. The number of carbonyl (C=O) groups excluding carboxylic acids is 1. The van der Waals surface area contributed by atoms with Crippen molar-refractivity contribution in [2.75, 3.05) is 13.1 Å². The average Bonchev–Trinajstić information content (AvgIpc) is 3.47. The molecule has 6 heteroatoms. The van der Waals surface area contributed by atoms with Gasteiger partial charge >= 0.3 is 0 Å². The van der Waals surface area contributed by atoms with Crippen LogP contribution in [0.4, 0.5) is 8.78 Å². The number of rotatable bonds is 2. The van der Waals surface area contributed by atoms with Gasteiger partial charge in [-0.05, 0) is 67.9 Å². The molecular formula is C27H33ClF2N2O. The van der Waals surface area contributed by atoms with Crippen LogP contribution in [0, 0.1) is 41.7 Å². The molecule has 0 aromatic heterocycles. The first-order valence-electron chi connectivity index (χ1n) is 11.6. The van der Waals surface area contributed by atoms with Gasteiger partial charge in [0, 0.05) is 25.1 Å². The zero-order chi connectivity index (χ0) is 24.4. The number of benzene rings is 2. The molecule has 3 nitrogen and oxygen atoms in total. The summed E-state index contributed by atoms with van der Waals surface area (Å²) in [7, 11) is 0. The van der Waals surface area contributed by atoms with Crippen LogP contribution < -0.4 is 0 Å². The second-order valence-electron chi connectivity index (χ2n) is 8.84. The van der Waals surface area contributed by atoms with E-state index in [9.17, 15) is 13.6 Å². The summed E-state index contributed by atoms with van der Waals surface area (Å²) >= 11 is 5.71. The number of aryl methyl sites for hydroxylation is 2. The number of hydrogen-bond acceptors (Lipinski definition) is 2. The molecule has 2 aromatic carbocycles. The molecule has 1 aliphatic carbocycles. The molecule has 0 N–H and O–H groups in total. The topological polar surface area (TPSA) is 44.1 Å². The third-order valence-electron chi connectivity index (χ3n) is 6.08. The van der Waals surface area contributed by atoms with Crippen molar-refractivity contribution < 1.29 is 13.6 Å². The van der Waals surface area contributed by atoms with Crippen LogP contribution in [0.2, 0.25) is 5.02 Å². The van der Waals surface area contributed by atoms with Crippen LogP contribution in [0.5, 0.6) is 0 Å². The van der Waals surface area contributed by atoms with E-state index >= 15 is 0 Å². The summed E-state index contributed by atoms with van der Waals surface area (Å²) in [5, 5.41) is 9.00. The van der Waals surface area contributed by atoms with Crippen molar-refractivity contribution in [1.82, 2.24) is 4.90 Å². The fourth-order valence-electron chi connectivity index (χ4n) is 4.09. The fraction of sp³-hybridized carbons (Fsp3) is 0.481. The van der Waals surface area contributed by atoms with Gasteiger partial charge in [-0.3, -0.25) is 4.79 Å². The van der Waals surface area contributed by atoms with Gasteiger partial charge in [0.2, 0.25) is 5.91 Å². The van der Waals surface area contributed by atoms with E-state index in [-0.39, 0.29) is 0 Å². The summed E-state index contributed by atoms with van der Waals surface area (Å²) in [6, 6.07) is 11.0. The van der Waals surface area contributed by atoms with E-state index in [1.807, 2.05) is 26.0 Å². The summed E-state index contributed by atoms with van der Waals surface area (Å²) in [4.78, 5) is 14.0. The average molecular weight is 475 g/mol.